The summed E-state index contributed by atoms with van der Waals surface area (Å²) in [7, 11) is 0. The molecule has 0 heterocycles. The summed E-state index contributed by atoms with van der Waals surface area (Å²) in [6.45, 7) is 2.96. The molecule has 0 saturated carbocycles. The molecule has 1 unspecified atom stereocenters. The van der Waals surface area contributed by atoms with Crippen molar-refractivity contribution in [1.82, 2.24) is 5.43 Å². The minimum absolute atomic E-state index is 0.132. The standard InChI is InChI=1S/C18H28N2O/c1-2-3-14-21-17-12-10-16(11-13-17)18(20-19)15-8-6-4-5-7-9-15/h8,10-13,18,20H,2-7,9,14,19H2,1H3. The second kappa shape index (κ2) is 8.85. The van der Waals surface area contributed by atoms with Gasteiger partial charge in [-0.25, -0.2) is 5.43 Å². The Balaban J connectivity index is 2.02. The number of benzene rings is 1. The van der Waals surface area contributed by atoms with Gasteiger partial charge in [-0.3, -0.25) is 5.84 Å². The van der Waals surface area contributed by atoms with E-state index >= 15 is 0 Å². The molecule has 0 saturated heterocycles. The van der Waals surface area contributed by atoms with E-state index in [2.05, 4.69) is 30.6 Å². The van der Waals surface area contributed by atoms with Gasteiger partial charge in [0.2, 0.25) is 0 Å². The topological polar surface area (TPSA) is 47.3 Å². The van der Waals surface area contributed by atoms with Crippen LogP contribution in [0, 0.1) is 0 Å². The molecular weight excluding hydrogens is 260 g/mol. The van der Waals surface area contributed by atoms with Crippen LogP contribution in [-0.4, -0.2) is 6.61 Å². The first kappa shape index (κ1) is 16.1. The lowest BCUT2D eigenvalue weighted by atomic mass is 9.95. The monoisotopic (exact) mass is 288 g/mol. The van der Waals surface area contributed by atoms with Crippen molar-refractivity contribution in [3.8, 4) is 5.75 Å². The Morgan fingerprint density at radius 3 is 2.71 bits per heavy atom. The minimum Gasteiger partial charge on any atom is -0.494 e. The van der Waals surface area contributed by atoms with Gasteiger partial charge in [0.1, 0.15) is 5.75 Å². The van der Waals surface area contributed by atoms with Gasteiger partial charge >= 0.3 is 0 Å². The number of allylic oxidation sites excluding steroid dienone is 1. The average molecular weight is 288 g/mol. The molecule has 2 rings (SSSR count). The smallest absolute Gasteiger partial charge is 0.119 e. The minimum atomic E-state index is 0.132. The lowest BCUT2D eigenvalue weighted by molar-refractivity contribution is 0.309. The highest BCUT2D eigenvalue weighted by Gasteiger charge is 2.16. The van der Waals surface area contributed by atoms with Gasteiger partial charge in [0.25, 0.3) is 0 Å². The predicted molar refractivity (Wildman–Crippen MR) is 88.1 cm³/mol. The first-order chi connectivity index (χ1) is 10.3. The molecule has 1 aromatic rings. The van der Waals surface area contributed by atoms with E-state index < -0.39 is 0 Å². The normalized spacial score (nSPS) is 17.0. The Kier molecular flexibility index (Phi) is 6.77. The molecular formula is C18H28N2O. The molecule has 1 aliphatic rings. The van der Waals surface area contributed by atoms with Gasteiger partial charge in [0.15, 0.2) is 0 Å². The number of nitrogens with one attached hydrogen (secondary N) is 1. The van der Waals surface area contributed by atoms with Gasteiger partial charge in [0, 0.05) is 0 Å². The third-order valence-corrected chi connectivity index (χ3v) is 4.09. The maximum Gasteiger partial charge on any atom is 0.119 e. The molecule has 1 aliphatic carbocycles. The second-order valence-corrected chi connectivity index (χ2v) is 5.75. The zero-order chi connectivity index (χ0) is 14.9. The zero-order valence-corrected chi connectivity index (χ0v) is 13.1. The highest BCUT2D eigenvalue weighted by atomic mass is 16.5. The van der Waals surface area contributed by atoms with Gasteiger partial charge in [-0.2, -0.15) is 0 Å². The van der Waals surface area contributed by atoms with Crippen LogP contribution in [0.2, 0.25) is 0 Å². The Bertz CT molecular complexity index is 439. The van der Waals surface area contributed by atoms with E-state index in [-0.39, 0.29) is 6.04 Å². The van der Waals surface area contributed by atoms with Crippen LogP contribution in [0.3, 0.4) is 0 Å². The van der Waals surface area contributed by atoms with Crippen molar-refractivity contribution in [1.29, 1.82) is 0 Å². The Morgan fingerprint density at radius 2 is 2.00 bits per heavy atom. The van der Waals surface area contributed by atoms with E-state index in [4.69, 9.17) is 10.6 Å². The Hall–Kier alpha value is -1.32. The summed E-state index contributed by atoms with van der Waals surface area (Å²) in [4.78, 5) is 0. The quantitative estimate of drug-likeness (QED) is 0.341. The summed E-state index contributed by atoms with van der Waals surface area (Å²) >= 11 is 0. The fraction of sp³-hybridized carbons (Fsp3) is 0.556. The largest absolute Gasteiger partial charge is 0.494 e. The van der Waals surface area contributed by atoms with Crippen molar-refractivity contribution in [3.05, 3.63) is 41.5 Å². The van der Waals surface area contributed by atoms with Crippen molar-refractivity contribution < 1.29 is 4.74 Å². The van der Waals surface area contributed by atoms with Gasteiger partial charge in [-0.15, -0.1) is 0 Å². The third-order valence-electron chi connectivity index (χ3n) is 4.09. The van der Waals surface area contributed by atoms with Gasteiger partial charge < -0.3 is 4.74 Å². The molecule has 3 nitrogen and oxygen atoms in total. The molecule has 0 aliphatic heterocycles. The summed E-state index contributed by atoms with van der Waals surface area (Å²) < 4.78 is 5.71. The van der Waals surface area contributed by atoms with E-state index in [1.807, 2.05) is 12.1 Å². The molecule has 0 radical (unpaired) electrons. The first-order valence-corrected chi connectivity index (χ1v) is 8.23. The van der Waals surface area contributed by atoms with Crippen LogP contribution in [0.15, 0.2) is 35.9 Å². The zero-order valence-electron chi connectivity index (χ0n) is 13.1. The molecule has 21 heavy (non-hydrogen) atoms. The maximum absolute atomic E-state index is 5.80. The van der Waals surface area contributed by atoms with Crippen molar-refractivity contribution >= 4 is 0 Å². The molecule has 3 heteroatoms. The highest BCUT2D eigenvalue weighted by molar-refractivity contribution is 5.33. The molecule has 1 atom stereocenters. The number of nitrogens with two attached hydrogens (primary N) is 1. The van der Waals surface area contributed by atoms with Crippen LogP contribution in [0.1, 0.15) is 63.5 Å². The lowest BCUT2D eigenvalue weighted by Gasteiger charge is -2.20. The van der Waals surface area contributed by atoms with Crippen molar-refractivity contribution in [2.75, 3.05) is 6.61 Å². The van der Waals surface area contributed by atoms with Crippen LogP contribution in [0.5, 0.6) is 5.75 Å². The molecule has 0 aromatic heterocycles. The van der Waals surface area contributed by atoms with Gasteiger partial charge in [-0.1, -0.05) is 43.5 Å². The van der Waals surface area contributed by atoms with Crippen LogP contribution < -0.4 is 16.0 Å². The van der Waals surface area contributed by atoms with E-state index in [0.717, 1.165) is 31.6 Å². The molecule has 0 spiro atoms. The molecule has 116 valence electrons. The van der Waals surface area contributed by atoms with E-state index in [1.165, 1.54) is 36.8 Å². The molecule has 0 bridgehead atoms. The van der Waals surface area contributed by atoms with Crippen LogP contribution >= 0.6 is 0 Å². The Labute approximate surface area is 128 Å². The predicted octanol–water partition coefficient (Wildman–Crippen LogP) is 4.26. The summed E-state index contributed by atoms with van der Waals surface area (Å²) in [6, 6.07) is 8.47. The average Bonchev–Trinajstić information content (AvgIpc) is 2.79. The summed E-state index contributed by atoms with van der Waals surface area (Å²) in [6.07, 6.45) is 10.8. The van der Waals surface area contributed by atoms with Gasteiger partial charge in [0.05, 0.1) is 12.6 Å². The number of rotatable bonds is 7. The van der Waals surface area contributed by atoms with Gasteiger partial charge in [-0.05, 0) is 49.8 Å². The first-order valence-electron chi connectivity index (χ1n) is 8.23. The molecule has 1 aromatic carbocycles. The number of ether oxygens (including phenoxy) is 1. The fourth-order valence-electron chi connectivity index (χ4n) is 2.81. The number of hydrogen-bond acceptors (Lipinski definition) is 3. The Morgan fingerprint density at radius 1 is 1.19 bits per heavy atom. The lowest BCUT2D eigenvalue weighted by Crippen LogP contribution is -2.29. The van der Waals surface area contributed by atoms with Crippen molar-refractivity contribution in [2.45, 2.75) is 57.9 Å². The van der Waals surface area contributed by atoms with Crippen LogP contribution in [0.25, 0.3) is 0 Å². The number of hydrazine groups is 1. The second-order valence-electron chi connectivity index (χ2n) is 5.75. The van der Waals surface area contributed by atoms with E-state index in [0.29, 0.717) is 0 Å². The SMILES string of the molecule is CCCCOc1ccc(C(NN)C2=CCCCCC2)cc1. The fourth-order valence-corrected chi connectivity index (χ4v) is 2.81. The summed E-state index contributed by atoms with van der Waals surface area (Å²) in [5.41, 5.74) is 5.62. The van der Waals surface area contributed by atoms with E-state index in [1.54, 1.807) is 0 Å². The summed E-state index contributed by atoms with van der Waals surface area (Å²) in [5, 5.41) is 0. The molecule has 0 amide bonds. The molecule has 3 N–H and O–H groups in total. The molecule has 0 fully saturated rings. The van der Waals surface area contributed by atoms with Crippen molar-refractivity contribution in [3.63, 3.8) is 0 Å². The van der Waals surface area contributed by atoms with Crippen molar-refractivity contribution in [2.24, 2.45) is 5.84 Å². The summed E-state index contributed by atoms with van der Waals surface area (Å²) in [5.74, 6) is 6.74. The van der Waals surface area contributed by atoms with E-state index in [9.17, 15) is 0 Å². The van der Waals surface area contributed by atoms with Crippen LogP contribution in [-0.2, 0) is 0 Å². The number of hydrogen-bond donors (Lipinski definition) is 2. The number of unbranched alkanes of at least 4 members (excludes halogenated alkanes) is 1. The third kappa shape index (κ3) is 4.87. The highest BCUT2D eigenvalue weighted by Crippen LogP contribution is 2.29. The maximum atomic E-state index is 5.80. The van der Waals surface area contributed by atoms with Crippen LogP contribution in [0.4, 0.5) is 0 Å².